The normalized spacial score (nSPS) is 12.3. The molecule has 0 fully saturated rings. The number of amides is 1. The number of hydrogen-bond acceptors (Lipinski definition) is 3. The van der Waals surface area contributed by atoms with E-state index in [-0.39, 0.29) is 5.91 Å². The molecule has 150 valence electrons. The number of aromatic nitrogens is 1. The maximum atomic E-state index is 12.3. The van der Waals surface area contributed by atoms with Crippen molar-refractivity contribution in [3.63, 3.8) is 0 Å². The molecule has 1 aromatic heterocycles. The lowest BCUT2D eigenvalue weighted by molar-refractivity contribution is -0.111. The SMILES string of the molecule is CC[C@H](C)c1ccc2oc(-c3cccc(NC(=O)/C=C/c4ccccc4)c3)nc2c1. The van der Waals surface area contributed by atoms with Crippen molar-refractivity contribution in [2.24, 2.45) is 0 Å². The zero-order chi connectivity index (χ0) is 20.9. The monoisotopic (exact) mass is 396 g/mol. The molecule has 4 aromatic rings. The van der Waals surface area contributed by atoms with Crippen molar-refractivity contribution in [2.75, 3.05) is 5.32 Å². The first kappa shape index (κ1) is 19.6. The fraction of sp³-hybridized carbons (Fsp3) is 0.154. The summed E-state index contributed by atoms with van der Waals surface area (Å²) in [6.07, 6.45) is 4.39. The minimum Gasteiger partial charge on any atom is -0.436 e. The third kappa shape index (κ3) is 4.49. The van der Waals surface area contributed by atoms with Gasteiger partial charge in [0.15, 0.2) is 5.58 Å². The van der Waals surface area contributed by atoms with Crippen LogP contribution in [0.25, 0.3) is 28.6 Å². The number of anilines is 1. The molecule has 1 heterocycles. The number of hydrogen-bond donors (Lipinski definition) is 1. The van der Waals surface area contributed by atoms with Crippen molar-refractivity contribution in [3.8, 4) is 11.5 Å². The lowest BCUT2D eigenvalue weighted by Crippen LogP contribution is -2.07. The van der Waals surface area contributed by atoms with E-state index < -0.39 is 0 Å². The van der Waals surface area contributed by atoms with Gasteiger partial charge in [0.2, 0.25) is 11.8 Å². The molecule has 30 heavy (non-hydrogen) atoms. The maximum absolute atomic E-state index is 12.3. The van der Waals surface area contributed by atoms with Crippen LogP contribution in [-0.4, -0.2) is 10.9 Å². The second-order valence-corrected chi connectivity index (χ2v) is 7.37. The zero-order valence-electron chi connectivity index (χ0n) is 17.1. The molecule has 0 saturated heterocycles. The fourth-order valence-electron chi connectivity index (χ4n) is 3.26. The first-order valence-electron chi connectivity index (χ1n) is 10.2. The average Bonchev–Trinajstić information content (AvgIpc) is 3.21. The Morgan fingerprint density at radius 1 is 1.07 bits per heavy atom. The van der Waals surface area contributed by atoms with Crippen molar-refractivity contribution in [3.05, 3.63) is 90.0 Å². The number of benzene rings is 3. The van der Waals surface area contributed by atoms with Gasteiger partial charge in [-0.25, -0.2) is 4.98 Å². The van der Waals surface area contributed by atoms with Gasteiger partial charge in [0.05, 0.1) is 0 Å². The number of rotatable bonds is 6. The summed E-state index contributed by atoms with van der Waals surface area (Å²) in [4.78, 5) is 16.9. The molecular formula is C26H24N2O2. The standard InChI is InChI=1S/C26H24N2O2/c1-3-18(2)20-13-14-24-23(17-20)28-26(30-24)21-10-7-11-22(16-21)27-25(29)15-12-19-8-5-4-6-9-19/h4-18H,3H2,1-2H3,(H,27,29)/b15-12+/t18-/m0/s1. The number of oxazole rings is 1. The second-order valence-electron chi connectivity index (χ2n) is 7.37. The smallest absolute Gasteiger partial charge is 0.248 e. The number of fused-ring (bicyclic) bond motifs is 1. The summed E-state index contributed by atoms with van der Waals surface area (Å²) in [7, 11) is 0. The largest absolute Gasteiger partial charge is 0.436 e. The van der Waals surface area contributed by atoms with Crippen molar-refractivity contribution >= 4 is 28.8 Å². The van der Waals surface area contributed by atoms with Crippen LogP contribution < -0.4 is 5.32 Å². The molecule has 0 aliphatic heterocycles. The van der Waals surface area contributed by atoms with Crippen molar-refractivity contribution in [1.29, 1.82) is 0 Å². The van der Waals surface area contributed by atoms with Crippen molar-refractivity contribution in [1.82, 2.24) is 4.98 Å². The van der Waals surface area contributed by atoms with Gasteiger partial charge in [-0.05, 0) is 59.9 Å². The van der Waals surface area contributed by atoms with Crippen LogP contribution in [0.5, 0.6) is 0 Å². The lowest BCUT2D eigenvalue weighted by atomic mass is 9.98. The first-order valence-corrected chi connectivity index (χ1v) is 10.2. The van der Waals surface area contributed by atoms with Gasteiger partial charge < -0.3 is 9.73 Å². The Kier molecular flexibility index (Phi) is 5.75. The van der Waals surface area contributed by atoms with E-state index in [0.29, 0.717) is 17.5 Å². The van der Waals surface area contributed by atoms with Gasteiger partial charge in [-0.3, -0.25) is 4.79 Å². The fourth-order valence-corrected chi connectivity index (χ4v) is 3.26. The Morgan fingerprint density at radius 2 is 1.90 bits per heavy atom. The molecule has 1 atom stereocenters. The van der Waals surface area contributed by atoms with Crippen LogP contribution in [0.3, 0.4) is 0 Å². The zero-order valence-corrected chi connectivity index (χ0v) is 17.1. The van der Waals surface area contributed by atoms with Crippen LogP contribution in [0, 0.1) is 0 Å². The van der Waals surface area contributed by atoms with E-state index in [9.17, 15) is 4.79 Å². The van der Waals surface area contributed by atoms with Gasteiger partial charge in [0.1, 0.15) is 5.52 Å². The summed E-state index contributed by atoms with van der Waals surface area (Å²) < 4.78 is 5.95. The molecular weight excluding hydrogens is 372 g/mol. The van der Waals surface area contributed by atoms with Crippen LogP contribution in [0.4, 0.5) is 5.69 Å². The van der Waals surface area contributed by atoms with Crippen LogP contribution in [0.1, 0.15) is 37.3 Å². The molecule has 4 heteroatoms. The molecule has 1 N–H and O–H groups in total. The van der Waals surface area contributed by atoms with Gasteiger partial charge in [0.25, 0.3) is 0 Å². The number of nitrogens with one attached hydrogen (secondary N) is 1. The summed E-state index contributed by atoms with van der Waals surface area (Å²) >= 11 is 0. The molecule has 0 unspecified atom stereocenters. The van der Waals surface area contributed by atoms with Gasteiger partial charge in [-0.1, -0.05) is 56.3 Å². The lowest BCUT2D eigenvalue weighted by Gasteiger charge is -2.07. The first-order chi connectivity index (χ1) is 14.6. The van der Waals surface area contributed by atoms with E-state index in [4.69, 9.17) is 4.42 Å². The Balaban J connectivity index is 1.53. The van der Waals surface area contributed by atoms with E-state index >= 15 is 0 Å². The molecule has 4 rings (SSSR count). The van der Waals surface area contributed by atoms with Gasteiger partial charge in [-0.2, -0.15) is 0 Å². The van der Waals surface area contributed by atoms with Crippen molar-refractivity contribution in [2.45, 2.75) is 26.2 Å². The van der Waals surface area contributed by atoms with E-state index in [1.807, 2.05) is 60.7 Å². The predicted octanol–water partition coefficient (Wildman–Crippen LogP) is 6.66. The van der Waals surface area contributed by atoms with Gasteiger partial charge >= 0.3 is 0 Å². The molecule has 0 spiro atoms. The molecule has 0 aliphatic rings. The highest BCUT2D eigenvalue weighted by atomic mass is 16.3. The third-order valence-corrected chi connectivity index (χ3v) is 5.20. The molecule has 4 nitrogen and oxygen atoms in total. The summed E-state index contributed by atoms with van der Waals surface area (Å²) in [6.45, 7) is 4.39. The highest BCUT2D eigenvalue weighted by Crippen LogP contribution is 2.29. The minimum absolute atomic E-state index is 0.188. The second kappa shape index (κ2) is 8.78. The summed E-state index contributed by atoms with van der Waals surface area (Å²) in [5.41, 5.74) is 5.36. The van der Waals surface area contributed by atoms with Crippen LogP contribution in [-0.2, 0) is 4.79 Å². The van der Waals surface area contributed by atoms with E-state index in [1.165, 1.54) is 11.6 Å². The van der Waals surface area contributed by atoms with Crippen molar-refractivity contribution < 1.29 is 9.21 Å². The average molecular weight is 396 g/mol. The van der Waals surface area contributed by atoms with E-state index in [0.717, 1.165) is 28.6 Å². The van der Waals surface area contributed by atoms with Gasteiger partial charge in [-0.15, -0.1) is 0 Å². The summed E-state index contributed by atoms with van der Waals surface area (Å²) in [5.74, 6) is 0.839. The van der Waals surface area contributed by atoms with Gasteiger partial charge in [0, 0.05) is 17.3 Å². The number of carbonyl (C=O) groups is 1. The topological polar surface area (TPSA) is 55.1 Å². The van der Waals surface area contributed by atoms with Crippen LogP contribution in [0.15, 0.2) is 83.3 Å². The van der Waals surface area contributed by atoms with Crippen LogP contribution >= 0.6 is 0 Å². The third-order valence-electron chi connectivity index (χ3n) is 5.20. The molecule has 0 radical (unpaired) electrons. The Bertz CT molecular complexity index is 1190. The molecule has 0 bridgehead atoms. The van der Waals surface area contributed by atoms with Crippen LogP contribution in [0.2, 0.25) is 0 Å². The molecule has 0 saturated carbocycles. The highest BCUT2D eigenvalue weighted by molar-refractivity contribution is 6.02. The molecule has 1 amide bonds. The maximum Gasteiger partial charge on any atom is 0.248 e. The highest BCUT2D eigenvalue weighted by Gasteiger charge is 2.11. The predicted molar refractivity (Wildman–Crippen MR) is 122 cm³/mol. The summed E-state index contributed by atoms with van der Waals surface area (Å²) in [5, 5.41) is 2.89. The Hall–Kier alpha value is -3.66. The minimum atomic E-state index is -0.188. The molecule has 3 aromatic carbocycles. The van der Waals surface area contributed by atoms with E-state index in [2.05, 4.69) is 36.3 Å². The Morgan fingerprint density at radius 3 is 2.70 bits per heavy atom. The quantitative estimate of drug-likeness (QED) is 0.371. The molecule has 0 aliphatic carbocycles. The number of nitrogens with zero attached hydrogens (tertiary/aromatic N) is 1. The Labute approximate surface area is 176 Å². The number of carbonyl (C=O) groups excluding carboxylic acids is 1. The van der Waals surface area contributed by atoms with E-state index in [1.54, 1.807) is 6.08 Å². The summed E-state index contributed by atoms with van der Waals surface area (Å²) in [6, 6.07) is 23.4.